The van der Waals surface area contributed by atoms with Crippen LogP contribution in [0.5, 0.6) is 0 Å². The maximum Gasteiger partial charge on any atom is 0.228 e. The van der Waals surface area contributed by atoms with Crippen molar-refractivity contribution < 1.29 is 9.59 Å². The van der Waals surface area contributed by atoms with Crippen LogP contribution < -0.4 is 4.90 Å². The topological polar surface area (TPSA) is 40.6 Å². The van der Waals surface area contributed by atoms with E-state index in [0.29, 0.717) is 25.6 Å². The highest BCUT2D eigenvalue weighted by Gasteiger charge is 2.37. The lowest BCUT2D eigenvalue weighted by molar-refractivity contribution is -0.136. The first-order chi connectivity index (χ1) is 13.0. The predicted octanol–water partition coefficient (Wildman–Crippen LogP) is 4.21. The normalized spacial score (nSPS) is 16.8. The van der Waals surface area contributed by atoms with Gasteiger partial charge in [0.1, 0.15) is 0 Å². The molecule has 0 bridgehead atoms. The summed E-state index contributed by atoms with van der Waals surface area (Å²) >= 11 is 0. The molecule has 1 aliphatic rings. The van der Waals surface area contributed by atoms with Crippen LogP contribution in [0.3, 0.4) is 0 Å². The number of anilines is 1. The van der Waals surface area contributed by atoms with Crippen molar-refractivity contribution >= 4 is 17.5 Å². The lowest BCUT2D eigenvalue weighted by atomic mass is 10.0. The van der Waals surface area contributed by atoms with Crippen LogP contribution in [-0.2, 0) is 16.1 Å². The summed E-state index contributed by atoms with van der Waals surface area (Å²) in [6, 6.07) is 18.0. The molecule has 1 fully saturated rings. The van der Waals surface area contributed by atoms with Crippen molar-refractivity contribution in [1.82, 2.24) is 4.90 Å². The average Bonchev–Trinajstić information content (AvgIpc) is 3.08. The van der Waals surface area contributed by atoms with Crippen molar-refractivity contribution in [3.05, 3.63) is 65.7 Å². The van der Waals surface area contributed by atoms with Gasteiger partial charge in [-0.15, -0.1) is 0 Å². The third-order valence-corrected chi connectivity index (χ3v) is 5.23. The molecular formula is C23H28N2O2. The van der Waals surface area contributed by atoms with Crippen LogP contribution in [0.1, 0.15) is 44.2 Å². The number of para-hydroxylation sites is 1. The van der Waals surface area contributed by atoms with E-state index < -0.39 is 0 Å². The third kappa shape index (κ3) is 4.21. The minimum atomic E-state index is -0.276. The van der Waals surface area contributed by atoms with Crippen LogP contribution in [0.25, 0.3) is 0 Å². The molecule has 1 saturated heterocycles. The van der Waals surface area contributed by atoms with E-state index in [9.17, 15) is 9.59 Å². The summed E-state index contributed by atoms with van der Waals surface area (Å²) in [7, 11) is 0. The molecule has 4 nitrogen and oxygen atoms in total. The summed E-state index contributed by atoms with van der Waals surface area (Å²) < 4.78 is 0. The summed E-state index contributed by atoms with van der Waals surface area (Å²) in [5.74, 6) is 0.159. The third-order valence-electron chi connectivity index (χ3n) is 5.23. The zero-order chi connectivity index (χ0) is 19.4. The van der Waals surface area contributed by atoms with Crippen molar-refractivity contribution in [3.63, 3.8) is 0 Å². The minimum Gasteiger partial charge on any atom is -0.338 e. The van der Waals surface area contributed by atoms with Crippen LogP contribution in [0, 0.1) is 5.92 Å². The zero-order valence-corrected chi connectivity index (χ0v) is 16.4. The number of nitrogens with zero attached hydrogens (tertiary/aromatic N) is 2. The van der Waals surface area contributed by atoms with Gasteiger partial charge in [-0.05, 0) is 30.0 Å². The maximum atomic E-state index is 13.1. The molecule has 4 heteroatoms. The zero-order valence-electron chi connectivity index (χ0n) is 16.4. The fourth-order valence-corrected chi connectivity index (χ4v) is 3.73. The molecule has 0 saturated carbocycles. The van der Waals surface area contributed by atoms with Crippen molar-refractivity contribution in [2.24, 2.45) is 5.92 Å². The molecule has 142 valence electrons. The second-order valence-electron chi connectivity index (χ2n) is 7.46. The van der Waals surface area contributed by atoms with Gasteiger partial charge in [-0.3, -0.25) is 9.59 Å². The Balaban J connectivity index is 1.75. The summed E-state index contributed by atoms with van der Waals surface area (Å²) in [6.45, 7) is 7.93. The highest BCUT2D eigenvalue weighted by Crippen LogP contribution is 2.32. The second-order valence-corrected chi connectivity index (χ2v) is 7.46. The van der Waals surface area contributed by atoms with Crippen LogP contribution in [0.15, 0.2) is 54.6 Å². The Bertz CT molecular complexity index is 801. The van der Waals surface area contributed by atoms with Gasteiger partial charge >= 0.3 is 0 Å². The molecule has 2 aromatic rings. The van der Waals surface area contributed by atoms with Gasteiger partial charge in [0.05, 0.1) is 5.92 Å². The predicted molar refractivity (Wildman–Crippen MR) is 109 cm³/mol. The highest BCUT2D eigenvalue weighted by molar-refractivity contribution is 6.00. The molecule has 1 heterocycles. The smallest absolute Gasteiger partial charge is 0.228 e. The van der Waals surface area contributed by atoms with E-state index in [1.807, 2.05) is 60.4 Å². The van der Waals surface area contributed by atoms with Gasteiger partial charge in [0.25, 0.3) is 0 Å². The van der Waals surface area contributed by atoms with Gasteiger partial charge in [0.2, 0.25) is 11.8 Å². The number of carbonyl (C=O) groups excluding carboxylic acids is 2. The van der Waals surface area contributed by atoms with Crippen LogP contribution in [-0.4, -0.2) is 29.8 Å². The van der Waals surface area contributed by atoms with Crippen molar-refractivity contribution in [2.75, 3.05) is 18.0 Å². The molecule has 0 spiro atoms. The summed E-state index contributed by atoms with van der Waals surface area (Å²) in [6.07, 6.45) is 0.288. The SMILES string of the molecule is CCN(Cc1ccccc1)C(=O)C1CC(=O)N(c2ccccc2C(C)C)C1. The molecule has 2 amide bonds. The minimum absolute atomic E-state index is 0.0391. The van der Waals surface area contributed by atoms with E-state index in [0.717, 1.165) is 16.8 Å². The van der Waals surface area contributed by atoms with E-state index >= 15 is 0 Å². The van der Waals surface area contributed by atoms with Gasteiger partial charge in [-0.1, -0.05) is 62.4 Å². The first kappa shape index (κ1) is 19.2. The van der Waals surface area contributed by atoms with Gasteiger partial charge in [-0.2, -0.15) is 0 Å². The van der Waals surface area contributed by atoms with Crippen molar-refractivity contribution in [3.8, 4) is 0 Å². The Morgan fingerprint density at radius 2 is 1.78 bits per heavy atom. The highest BCUT2D eigenvalue weighted by atomic mass is 16.2. The lowest BCUT2D eigenvalue weighted by Crippen LogP contribution is -2.37. The number of hydrogen-bond acceptors (Lipinski definition) is 2. The fraction of sp³-hybridized carbons (Fsp3) is 0.391. The van der Waals surface area contributed by atoms with Crippen LogP contribution in [0.4, 0.5) is 5.69 Å². The molecule has 0 N–H and O–H groups in total. The van der Waals surface area contributed by atoms with Crippen LogP contribution in [0.2, 0.25) is 0 Å². The number of hydrogen-bond donors (Lipinski definition) is 0. The summed E-state index contributed by atoms with van der Waals surface area (Å²) in [4.78, 5) is 29.4. The van der Waals surface area contributed by atoms with E-state index in [-0.39, 0.29) is 24.2 Å². The largest absolute Gasteiger partial charge is 0.338 e. The molecule has 0 radical (unpaired) electrons. The lowest BCUT2D eigenvalue weighted by Gasteiger charge is -2.25. The number of rotatable bonds is 6. The van der Waals surface area contributed by atoms with E-state index in [1.54, 1.807) is 4.90 Å². The number of carbonyl (C=O) groups is 2. The standard InChI is InChI=1S/C23H28N2O2/c1-4-24(15-18-10-6-5-7-11-18)23(27)19-14-22(26)25(16-19)21-13-9-8-12-20(21)17(2)3/h5-13,17,19H,4,14-16H2,1-3H3. The first-order valence-corrected chi connectivity index (χ1v) is 9.73. The molecule has 1 unspecified atom stereocenters. The average molecular weight is 364 g/mol. The second kappa shape index (κ2) is 8.38. The monoisotopic (exact) mass is 364 g/mol. The van der Waals surface area contributed by atoms with Crippen molar-refractivity contribution in [1.29, 1.82) is 0 Å². The van der Waals surface area contributed by atoms with E-state index in [2.05, 4.69) is 19.9 Å². The molecule has 0 aliphatic carbocycles. The van der Waals surface area contributed by atoms with E-state index in [1.165, 1.54) is 0 Å². The van der Waals surface area contributed by atoms with Gasteiger partial charge < -0.3 is 9.80 Å². The van der Waals surface area contributed by atoms with Gasteiger partial charge in [-0.25, -0.2) is 0 Å². The Morgan fingerprint density at radius 3 is 2.44 bits per heavy atom. The molecular weight excluding hydrogens is 336 g/mol. The number of benzene rings is 2. The van der Waals surface area contributed by atoms with Gasteiger partial charge in [0.15, 0.2) is 0 Å². The molecule has 2 aromatic carbocycles. The Morgan fingerprint density at radius 1 is 1.11 bits per heavy atom. The molecule has 1 aliphatic heterocycles. The Labute approximate surface area is 161 Å². The molecule has 0 aromatic heterocycles. The van der Waals surface area contributed by atoms with Crippen LogP contribution >= 0.6 is 0 Å². The van der Waals surface area contributed by atoms with E-state index in [4.69, 9.17) is 0 Å². The maximum absolute atomic E-state index is 13.1. The first-order valence-electron chi connectivity index (χ1n) is 9.73. The summed E-state index contributed by atoms with van der Waals surface area (Å²) in [5, 5.41) is 0. The quantitative estimate of drug-likeness (QED) is 0.770. The molecule has 27 heavy (non-hydrogen) atoms. The fourth-order valence-electron chi connectivity index (χ4n) is 3.73. The Kier molecular flexibility index (Phi) is 5.94. The Hall–Kier alpha value is -2.62. The van der Waals surface area contributed by atoms with Crippen molar-refractivity contribution in [2.45, 2.75) is 39.7 Å². The summed E-state index contributed by atoms with van der Waals surface area (Å²) in [5.41, 5.74) is 3.20. The molecule has 1 atom stereocenters. The van der Waals surface area contributed by atoms with Gasteiger partial charge in [0, 0.05) is 31.7 Å². The molecule has 3 rings (SSSR count). The number of amides is 2.